The molecule has 0 radical (unpaired) electrons. The summed E-state index contributed by atoms with van der Waals surface area (Å²) in [5, 5.41) is 0. The summed E-state index contributed by atoms with van der Waals surface area (Å²) in [4.78, 5) is 4.26. The third kappa shape index (κ3) is 1.41. The van der Waals surface area contributed by atoms with Gasteiger partial charge in [0.25, 0.3) is 0 Å². The quantitative estimate of drug-likeness (QED) is 0.473. The second-order valence-corrected chi connectivity index (χ2v) is 2.50. The summed E-state index contributed by atoms with van der Waals surface area (Å²) in [6.07, 6.45) is 7.49. The first-order valence-electron chi connectivity index (χ1n) is 3.49. The number of aliphatic imine (C=N–C) groups is 1. The third-order valence-corrected chi connectivity index (χ3v) is 1.78. The minimum Gasteiger partial charge on any atom is -0.294 e. The molecule has 0 bridgehead atoms. The summed E-state index contributed by atoms with van der Waals surface area (Å²) in [7, 11) is 0. The maximum Gasteiger partial charge on any atom is 0.0533 e. The molecule has 0 aromatic rings. The standard InChI is InChI=1S/C8H13N/c1-3-4-8-5-6-9-7(8)2/h3-4,6-8H,5H2,1-2H3. The van der Waals surface area contributed by atoms with Gasteiger partial charge in [-0.1, -0.05) is 12.2 Å². The number of rotatable bonds is 1. The van der Waals surface area contributed by atoms with Crippen LogP contribution in [0, 0.1) is 5.92 Å². The van der Waals surface area contributed by atoms with Crippen LogP contribution in [0.1, 0.15) is 20.3 Å². The van der Waals surface area contributed by atoms with Crippen LogP contribution in [0.15, 0.2) is 17.1 Å². The van der Waals surface area contributed by atoms with Gasteiger partial charge in [-0.05, 0) is 26.5 Å². The minimum atomic E-state index is 0.515. The van der Waals surface area contributed by atoms with Gasteiger partial charge in [0.2, 0.25) is 0 Å². The highest BCUT2D eigenvalue weighted by molar-refractivity contribution is 5.61. The van der Waals surface area contributed by atoms with Gasteiger partial charge in [0, 0.05) is 5.92 Å². The van der Waals surface area contributed by atoms with Crippen molar-refractivity contribution >= 4 is 6.21 Å². The largest absolute Gasteiger partial charge is 0.294 e. The average Bonchev–Trinajstić information content (AvgIpc) is 2.18. The van der Waals surface area contributed by atoms with E-state index in [2.05, 4.69) is 31.0 Å². The lowest BCUT2D eigenvalue weighted by Crippen LogP contribution is -2.05. The van der Waals surface area contributed by atoms with Crippen LogP contribution >= 0.6 is 0 Å². The van der Waals surface area contributed by atoms with Crippen molar-refractivity contribution in [1.82, 2.24) is 0 Å². The van der Waals surface area contributed by atoms with Crippen LogP contribution < -0.4 is 0 Å². The van der Waals surface area contributed by atoms with Crippen molar-refractivity contribution in [2.45, 2.75) is 26.3 Å². The van der Waals surface area contributed by atoms with Gasteiger partial charge in [-0.3, -0.25) is 4.99 Å². The lowest BCUT2D eigenvalue weighted by atomic mass is 10.0. The Morgan fingerprint density at radius 2 is 2.44 bits per heavy atom. The minimum absolute atomic E-state index is 0.515. The number of hydrogen-bond acceptors (Lipinski definition) is 1. The Balaban J connectivity index is 2.45. The van der Waals surface area contributed by atoms with E-state index in [4.69, 9.17) is 0 Å². The molecular formula is C8H13N. The summed E-state index contributed by atoms with van der Waals surface area (Å²) in [6, 6.07) is 0.515. The fourth-order valence-corrected chi connectivity index (χ4v) is 1.14. The van der Waals surface area contributed by atoms with Crippen molar-refractivity contribution in [1.29, 1.82) is 0 Å². The van der Waals surface area contributed by atoms with E-state index in [-0.39, 0.29) is 0 Å². The highest BCUT2D eigenvalue weighted by Gasteiger charge is 2.15. The first-order valence-corrected chi connectivity index (χ1v) is 3.49. The number of nitrogens with zero attached hydrogens (tertiary/aromatic N) is 1. The lowest BCUT2D eigenvalue weighted by molar-refractivity contribution is 0.596. The summed E-state index contributed by atoms with van der Waals surface area (Å²) < 4.78 is 0. The molecule has 9 heavy (non-hydrogen) atoms. The summed E-state index contributed by atoms with van der Waals surface area (Å²) in [5.74, 6) is 0.676. The Kier molecular flexibility index (Phi) is 2.04. The van der Waals surface area contributed by atoms with Gasteiger partial charge in [-0.2, -0.15) is 0 Å². The molecule has 0 fully saturated rings. The molecule has 1 aliphatic heterocycles. The predicted molar refractivity (Wildman–Crippen MR) is 40.9 cm³/mol. The molecule has 0 saturated carbocycles. The third-order valence-electron chi connectivity index (χ3n) is 1.78. The molecule has 0 aliphatic carbocycles. The van der Waals surface area contributed by atoms with E-state index in [9.17, 15) is 0 Å². The van der Waals surface area contributed by atoms with Crippen LogP contribution in [-0.4, -0.2) is 12.3 Å². The average molecular weight is 123 g/mol. The first-order chi connectivity index (χ1) is 4.34. The van der Waals surface area contributed by atoms with Crippen molar-refractivity contribution < 1.29 is 0 Å². The molecule has 1 heteroatoms. The second kappa shape index (κ2) is 2.81. The van der Waals surface area contributed by atoms with Crippen LogP contribution in [0.5, 0.6) is 0 Å². The predicted octanol–water partition coefficient (Wildman–Crippen LogP) is 2.04. The molecule has 0 amide bonds. The highest BCUT2D eigenvalue weighted by atomic mass is 14.8. The molecule has 0 aromatic carbocycles. The van der Waals surface area contributed by atoms with E-state index in [1.807, 2.05) is 6.21 Å². The zero-order valence-corrected chi connectivity index (χ0v) is 6.04. The van der Waals surface area contributed by atoms with Crippen LogP contribution in [-0.2, 0) is 0 Å². The van der Waals surface area contributed by atoms with Gasteiger partial charge in [-0.15, -0.1) is 0 Å². The molecule has 1 rings (SSSR count). The van der Waals surface area contributed by atoms with Crippen LogP contribution in [0.3, 0.4) is 0 Å². The molecule has 1 nitrogen and oxygen atoms in total. The van der Waals surface area contributed by atoms with Gasteiger partial charge in [0.05, 0.1) is 6.04 Å². The van der Waals surface area contributed by atoms with Crippen LogP contribution in [0.25, 0.3) is 0 Å². The van der Waals surface area contributed by atoms with E-state index in [0.717, 1.165) is 6.42 Å². The van der Waals surface area contributed by atoms with Gasteiger partial charge < -0.3 is 0 Å². The summed E-state index contributed by atoms with van der Waals surface area (Å²) in [6.45, 7) is 4.22. The molecular weight excluding hydrogens is 110 g/mol. The van der Waals surface area contributed by atoms with Crippen LogP contribution in [0.2, 0.25) is 0 Å². The van der Waals surface area contributed by atoms with E-state index >= 15 is 0 Å². The summed E-state index contributed by atoms with van der Waals surface area (Å²) in [5.41, 5.74) is 0. The normalized spacial score (nSPS) is 34.4. The Morgan fingerprint density at radius 3 is 2.89 bits per heavy atom. The van der Waals surface area contributed by atoms with Gasteiger partial charge in [0.15, 0.2) is 0 Å². The van der Waals surface area contributed by atoms with Gasteiger partial charge in [0.1, 0.15) is 0 Å². The van der Waals surface area contributed by atoms with Crippen molar-refractivity contribution in [3.05, 3.63) is 12.2 Å². The summed E-state index contributed by atoms with van der Waals surface area (Å²) >= 11 is 0. The monoisotopic (exact) mass is 123 g/mol. The van der Waals surface area contributed by atoms with E-state index in [0.29, 0.717) is 12.0 Å². The zero-order valence-electron chi connectivity index (χ0n) is 6.04. The molecule has 0 spiro atoms. The van der Waals surface area contributed by atoms with Crippen LogP contribution in [0.4, 0.5) is 0 Å². The van der Waals surface area contributed by atoms with Crippen molar-refractivity contribution in [2.24, 2.45) is 10.9 Å². The molecule has 50 valence electrons. The maximum atomic E-state index is 4.26. The molecule has 2 unspecified atom stereocenters. The number of hydrogen-bond donors (Lipinski definition) is 0. The Hall–Kier alpha value is -0.590. The van der Waals surface area contributed by atoms with E-state index < -0.39 is 0 Å². The lowest BCUT2D eigenvalue weighted by Gasteiger charge is -2.06. The molecule has 0 saturated heterocycles. The molecule has 2 atom stereocenters. The van der Waals surface area contributed by atoms with Crippen molar-refractivity contribution in [3.63, 3.8) is 0 Å². The van der Waals surface area contributed by atoms with Gasteiger partial charge in [-0.25, -0.2) is 0 Å². The number of allylic oxidation sites excluding steroid dienone is 1. The molecule has 0 aromatic heterocycles. The molecule has 1 heterocycles. The Bertz CT molecular complexity index is 136. The Labute approximate surface area is 56.5 Å². The second-order valence-electron chi connectivity index (χ2n) is 2.50. The van der Waals surface area contributed by atoms with E-state index in [1.165, 1.54) is 0 Å². The first kappa shape index (κ1) is 6.53. The smallest absolute Gasteiger partial charge is 0.0533 e. The van der Waals surface area contributed by atoms with Crippen molar-refractivity contribution in [3.8, 4) is 0 Å². The molecule has 1 aliphatic rings. The molecule has 0 N–H and O–H groups in total. The SMILES string of the molecule is CC=CC1CC=NC1C. The fraction of sp³-hybridized carbons (Fsp3) is 0.625. The topological polar surface area (TPSA) is 12.4 Å². The fourth-order valence-electron chi connectivity index (χ4n) is 1.14. The van der Waals surface area contributed by atoms with Gasteiger partial charge >= 0.3 is 0 Å². The zero-order chi connectivity index (χ0) is 6.69. The maximum absolute atomic E-state index is 4.26. The van der Waals surface area contributed by atoms with Crippen molar-refractivity contribution in [2.75, 3.05) is 0 Å². The van der Waals surface area contributed by atoms with E-state index in [1.54, 1.807) is 0 Å². The Morgan fingerprint density at radius 1 is 1.67 bits per heavy atom. The highest BCUT2D eigenvalue weighted by Crippen LogP contribution is 2.17.